The molecule has 9 aromatic rings. The minimum atomic E-state index is -0.311. The van der Waals surface area contributed by atoms with Gasteiger partial charge >= 0.3 is 0 Å². The molecule has 0 aromatic heterocycles. The molecule has 0 atom stereocenters. The summed E-state index contributed by atoms with van der Waals surface area (Å²) in [6, 6.07) is 76.2. The maximum atomic E-state index is 10.6. The van der Waals surface area contributed by atoms with Gasteiger partial charge in [0.1, 0.15) is 0 Å². The van der Waals surface area contributed by atoms with Crippen molar-refractivity contribution in [1.82, 2.24) is 0 Å². The van der Waals surface area contributed by atoms with E-state index in [9.17, 15) is 5.26 Å². The number of fused-ring (bicyclic) bond motifs is 4. The molecule has 0 aliphatic heterocycles. The van der Waals surface area contributed by atoms with E-state index in [1.807, 2.05) is 6.07 Å². The molecule has 0 fully saturated rings. The average molecular weight is 741 g/mol. The van der Waals surface area contributed by atoms with Crippen LogP contribution < -0.4 is 4.90 Å². The topological polar surface area (TPSA) is 27.0 Å². The van der Waals surface area contributed by atoms with Gasteiger partial charge in [-0.3, -0.25) is 0 Å². The second kappa shape index (κ2) is 14.2. The fourth-order valence-electron chi connectivity index (χ4n) is 9.21. The fraction of sp³-hybridized carbons (Fsp3) is 0.0536. The summed E-state index contributed by atoms with van der Waals surface area (Å²) in [7, 11) is 0. The molecule has 0 bridgehead atoms. The Labute approximate surface area is 340 Å². The SMILES string of the molecule is CC1(C)c2ccc(N(c3ccc(-c4ccc(-c5ccccc5)c5ccccc45)cc3)c3ccccc3-c3ccccc3)cc2-c2c(C#N)ccc(-c3ccccc3)c21. The van der Waals surface area contributed by atoms with Gasteiger partial charge in [-0.1, -0.05) is 184 Å². The molecule has 1 aliphatic rings. The second-order valence-corrected chi connectivity index (χ2v) is 15.6. The van der Waals surface area contributed by atoms with Crippen LogP contribution in [0.5, 0.6) is 0 Å². The first-order valence-electron chi connectivity index (χ1n) is 19.9. The van der Waals surface area contributed by atoms with Crippen molar-refractivity contribution in [2.24, 2.45) is 0 Å². The average Bonchev–Trinajstić information content (AvgIpc) is 3.53. The first-order chi connectivity index (χ1) is 28.5. The minimum Gasteiger partial charge on any atom is -0.310 e. The van der Waals surface area contributed by atoms with Crippen LogP contribution in [0, 0.1) is 11.3 Å². The monoisotopic (exact) mass is 740 g/mol. The number of benzene rings is 9. The normalized spacial score (nSPS) is 12.4. The molecule has 0 N–H and O–H groups in total. The van der Waals surface area contributed by atoms with Crippen molar-refractivity contribution in [1.29, 1.82) is 5.26 Å². The molecule has 2 nitrogen and oxygen atoms in total. The molecule has 274 valence electrons. The lowest BCUT2D eigenvalue weighted by atomic mass is 9.78. The van der Waals surface area contributed by atoms with Crippen LogP contribution in [0.15, 0.2) is 206 Å². The highest BCUT2D eigenvalue weighted by molar-refractivity contribution is 6.05. The molecule has 1 aliphatic carbocycles. The van der Waals surface area contributed by atoms with Crippen molar-refractivity contribution in [2.45, 2.75) is 19.3 Å². The molecular weight excluding hydrogens is 701 g/mol. The van der Waals surface area contributed by atoms with E-state index in [2.05, 4.69) is 225 Å². The van der Waals surface area contributed by atoms with Gasteiger partial charge in [-0.2, -0.15) is 5.26 Å². The number of rotatable bonds is 7. The molecule has 0 heterocycles. The highest BCUT2D eigenvalue weighted by Crippen LogP contribution is 2.55. The zero-order valence-electron chi connectivity index (χ0n) is 32.5. The molecule has 0 radical (unpaired) electrons. The zero-order valence-corrected chi connectivity index (χ0v) is 32.5. The maximum absolute atomic E-state index is 10.6. The van der Waals surface area contributed by atoms with Gasteiger partial charge in [0.15, 0.2) is 0 Å². The lowest BCUT2D eigenvalue weighted by Gasteiger charge is -2.29. The Balaban J connectivity index is 1.15. The van der Waals surface area contributed by atoms with Crippen molar-refractivity contribution in [3.8, 4) is 61.7 Å². The molecule has 9 aromatic carbocycles. The van der Waals surface area contributed by atoms with Gasteiger partial charge in [0.25, 0.3) is 0 Å². The van der Waals surface area contributed by atoms with Crippen LogP contribution in [-0.4, -0.2) is 0 Å². The second-order valence-electron chi connectivity index (χ2n) is 15.6. The third-order valence-electron chi connectivity index (χ3n) is 11.9. The number of hydrogen-bond donors (Lipinski definition) is 0. The van der Waals surface area contributed by atoms with Crippen molar-refractivity contribution in [3.63, 3.8) is 0 Å². The van der Waals surface area contributed by atoms with E-state index in [0.717, 1.165) is 50.4 Å². The van der Waals surface area contributed by atoms with Crippen LogP contribution in [0.25, 0.3) is 66.4 Å². The van der Waals surface area contributed by atoms with Gasteiger partial charge in [0.2, 0.25) is 0 Å². The van der Waals surface area contributed by atoms with Crippen molar-refractivity contribution < 1.29 is 0 Å². The standard InChI is InChI=1S/C56H40N2/c1-56(2)52-35-31-44(36-51(52)54-42(37-57)28-32-48(55(54)56)40-20-10-5-11-21-40)58(53-25-15-14-22-47(53)39-18-8-4-9-19-39)43-29-26-41(27-30-43)46-34-33-45(38-16-6-3-7-17-38)49-23-12-13-24-50(46)49/h3-36H,1-2H3. The highest BCUT2D eigenvalue weighted by atomic mass is 15.1. The third-order valence-corrected chi connectivity index (χ3v) is 11.9. The molecule has 0 saturated carbocycles. The van der Waals surface area contributed by atoms with Gasteiger partial charge in [-0.25, -0.2) is 0 Å². The minimum absolute atomic E-state index is 0.311. The molecular formula is C56H40N2. The van der Waals surface area contributed by atoms with E-state index in [1.54, 1.807) is 0 Å². The summed E-state index contributed by atoms with van der Waals surface area (Å²) in [6.45, 7) is 4.59. The summed E-state index contributed by atoms with van der Waals surface area (Å²) in [5.41, 5.74) is 17.5. The van der Waals surface area contributed by atoms with Crippen LogP contribution in [0.4, 0.5) is 17.1 Å². The van der Waals surface area contributed by atoms with E-state index in [1.165, 1.54) is 44.2 Å². The molecule has 2 heteroatoms. The van der Waals surface area contributed by atoms with E-state index in [0.29, 0.717) is 5.56 Å². The summed E-state index contributed by atoms with van der Waals surface area (Å²) in [6.07, 6.45) is 0. The van der Waals surface area contributed by atoms with Crippen LogP contribution >= 0.6 is 0 Å². The first-order valence-corrected chi connectivity index (χ1v) is 19.9. The molecule has 0 saturated heterocycles. The van der Waals surface area contributed by atoms with E-state index in [-0.39, 0.29) is 5.41 Å². The Bertz CT molecular complexity index is 3010. The lowest BCUT2D eigenvalue weighted by molar-refractivity contribution is 0.662. The highest BCUT2D eigenvalue weighted by Gasteiger charge is 2.39. The fourth-order valence-corrected chi connectivity index (χ4v) is 9.21. The van der Waals surface area contributed by atoms with Crippen LogP contribution in [0.2, 0.25) is 0 Å². The van der Waals surface area contributed by atoms with Crippen molar-refractivity contribution in [2.75, 3.05) is 4.90 Å². The number of para-hydroxylation sites is 1. The van der Waals surface area contributed by atoms with Crippen LogP contribution in [0.3, 0.4) is 0 Å². The maximum Gasteiger partial charge on any atom is 0.0998 e. The van der Waals surface area contributed by atoms with Crippen LogP contribution in [-0.2, 0) is 5.41 Å². The predicted octanol–water partition coefficient (Wildman–Crippen LogP) is 15.2. The molecule has 0 spiro atoms. The third kappa shape index (κ3) is 5.80. The Morgan fingerprint density at radius 1 is 0.414 bits per heavy atom. The molecule has 10 rings (SSSR count). The van der Waals surface area contributed by atoms with Gasteiger partial charge in [-0.05, 0) is 103 Å². The van der Waals surface area contributed by atoms with E-state index in [4.69, 9.17) is 0 Å². The zero-order chi connectivity index (χ0) is 39.2. The quantitative estimate of drug-likeness (QED) is 0.163. The largest absolute Gasteiger partial charge is 0.310 e. The van der Waals surface area contributed by atoms with Crippen molar-refractivity contribution in [3.05, 3.63) is 223 Å². The van der Waals surface area contributed by atoms with Crippen molar-refractivity contribution >= 4 is 27.8 Å². The summed E-state index contributed by atoms with van der Waals surface area (Å²) < 4.78 is 0. The summed E-state index contributed by atoms with van der Waals surface area (Å²) >= 11 is 0. The van der Waals surface area contributed by atoms with E-state index < -0.39 is 0 Å². The number of nitriles is 1. The Kier molecular flexibility index (Phi) is 8.58. The van der Waals surface area contributed by atoms with Gasteiger partial charge in [0.05, 0.1) is 17.3 Å². The van der Waals surface area contributed by atoms with E-state index >= 15 is 0 Å². The van der Waals surface area contributed by atoms with Gasteiger partial charge in [-0.15, -0.1) is 0 Å². The molecule has 58 heavy (non-hydrogen) atoms. The Hall–Kier alpha value is -7.47. The first kappa shape index (κ1) is 35.0. The molecule has 0 amide bonds. The Morgan fingerprint density at radius 3 is 1.50 bits per heavy atom. The summed E-state index contributed by atoms with van der Waals surface area (Å²) in [5.74, 6) is 0. The Morgan fingerprint density at radius 2 is 0.897 bits per heavy atom. The number of nitrogens with zero attached hydrogens (tertiary/aromatic N) is 2. The molecule has 0 unspecified atom stereocenters. The summed E-state index contributed by atoms with van der Waals surface area (Å²) in [4.78, 5) is 2.38. The van der Waals surface area contributed by atoms with Crippen LogP contribution in [0.1, 0.15) is 30.5 Å². The van der Waals surface area contributed by atoms with Gasteiger partial charge < -0.3 is 4.90 Å². The number of hydrogen-bond acceptors (Lipinski definition) is 2. The predicted molar refractivity (Wildman–Crippen MR) is 243 cm³/mol. The van der Waals surface area contributed by atoms with Gasteiger partial charge in [0, 0.05) is 27.9 Å². The number of anilines is 3. The smallest absolute Gasteiger partial charge is 0.0998 e. The summed E-state index contributed by atoms with van der Waals surface area (Å²) in [5, 5.41) is 13.0. The lowest BCUT2D eigenvalue weighted by Crippen LogP contribution is -2.17.